The Hall–Kier alpha value is 0.425. The molecule has 0 spiro atoms. The van der Waals surface area contributed by atoms with Crippen molar-refractivity contribution in [1.29, 1.82) is 0 Å². The summed E-state index contributed by atoms with van der Waals surface area (Å²) in [5, 5.41) is 10.3. The first-order valence-corrected chi connectivity index (χ1v) is 3.26. The van der Waals surface area contributed by atoms with Gasteiger partial charge in [-0.3, -0.25) is 4.98 Å². The van der Waals surface area contributed by atoms with Crippen molar-refractivity contribution in [2.75, 3.05) is 0 Å². The van der Waals surface area contributed by atoms with Gasteiger partial charge in [-0.05, 0) is 25.5 Å². The number of carbonyl (C=O) groups excluding carboxylic acids is 1. The van der Waals surface area contributed by atoms with Crippen LogP contribution in [0.1, 0.15) is 21.6 Å². The largest absolute Gasteiger partial charge is 1.00 e. The number of nitrogens with zero attached hydrogens (tertiary/aromatic N) is 1. The van der Waals surface area contributed by atoms with E-state index in [1.165, 1.54) is 6.20 Å². The van der Waals surface area contributed by atoms with Crippen molar-refractivity contribution in [3.05, 3.63) is 29.1 Å². The first kappa shape index (κ1) is 12.4. The molecule has 0 amide bonds. The number of pyridine rings is 1. The first-order valence-electron chi connectivity index (χ1n) is 3.26. The van der Waals surface area contributed by atoms with Gasteiger partial charge in [0.1, 0.15) is 0 Å². The Kier molecular flexibility index (Phi) is 5.40. The van der Waals surface area contributed by atoms with Crippen LogP contribution in [0.25, 0.3) is 0 Å². The number of carbonyl (C=O) groups is 1. The van der Waals surface area contributed by atoms with Crippen molar-refractivity contribution in [2.45, 2.75) is 13.8 Å². The van der Waals surface area contributed by atoms with E-state index >= 15 is 0 Å². The van der Waals surface area contributed by atoms with E-state index in [9.17, 15) is 9.90 Å². The zero-order valence-corrected chi connectivity index (χ0v) is 12.3. The summed E-state index contributed by atoms with van der Waals surface area (Å²) in [6.07, 6.45) is 1.30. The second kappa shape index (κ2) is 5.22. The molecule has 1 heterocycles. The summed E-state index contributed by atoms with van der Waals surface area (Å²) in [4.78, 5) is 14.2. The SMILES string of the molecule is Cc1cc(C(=O)[O-])cnc1C.[Rb+]. The molecule has 0 bridgehead atoms. The number of carboxylic acids is 1. The van der Waals surface area contributed by atoms with E-state index in [1.807, 2.05) is 13.8 Å². The van der Waals surface area contributed by atoms with E-state index < -0.39 is 5.97 Å². The molecule has 0 atom stereocenters. The molecule has 58 valence electrons. The molecule has 0 aliphatic rings. The van der Waals surface area contributed by atoms with Gasteiger partial charge in [0, 0.05) is 17.5 Å². The van der Waals surface area contributed by atoms with Gasteiger partial charge in [0.2, 0.25) is 0 Å². The van der Waals surface area contributed by atoms with Gasteiger partial charge in [0.25, 0.3) is 0 Å². The van der Waals surface area contributed by atoms with E-state index in [-0.39, 0.29) is 63.8 Å². The predicted molar refractivity (Wildman–Crippen MR) is 38.0 cm³/mol. The molecule has 12 heavy (non-hydrogen) atoms. The number of aromatic nitrogens is 1. The van der Waals surface area contributed by atoms with Crippen molar-refractivity contribution < 1.29 is 68.1 Å². The van der Waals surface area contributed by atoms with Gasteiger partial charge in [0.05, 0.1) is 5.97 Å². The minimum atomic E-state index is -1.18. The maximum Gasteiger partial charge on any atom is 1.00 e. The maximum atomic E-state index is 10.3. The zero-order chi connectivity index (χ0) is 8.43. The van der Waals surface area contributed by atoms with Crippen molar-refractivity contribution >= 4 is 5.97 Å². The van der Waals surface area contributed by atoms with Gasteiger partial charge in [-0.1, -0.05) is 0 Å². The smallest absolute Gasteiger partial charge is 0.545 e. The average Bonchev–Trinajstić information content (AvgIpc) is 1.94. The molecule has 0 radical (unpaired) electrons. The second-order valence-corrected chi connectivity index (χ2v) is 2.41. The molecule has 0 fully saturated rings. The van der Waals surface area contributed by atoms with Crippen LogP contribution in [-0.2, 0) is 0 Å². The van der Waals surface area contributed by atoms with Crippen LogP contribution in [0.5, 0.6) is 0 Å². The van der Waals surface area contributed by atoms with Crippen LogP contribution in [0.3, 0.4) is 0 Å². The van der Waals surface area contributed by atoms with Gasteiger partial charge >= 0.3 is 58.2 Å². The first-order chi connectivity index (χ1) is 5.11. The summed E-state index contributed by atoms with van der Waals surface area (Å²) in [5.41, 5.74) is 1.84. The van der Waals surface area contributed by atoms with Crippen LogP contribution in [-0.4, -0.2) is 11.0 Å². The summed E-state index contributed by atoms with van der Waals surface area (Å²) in [5.74, 6) is -1.18. The standard InChI is InChI=1S/C8H9NO2.Rb/c1-5-3-7(8(10)11)4-9-6(5)2;/h3-4H,1-2H3,(H,10,11);/q;+1/p-1. The topological polar surface area (TPSA) is 53.0 Å². The Balaban J connectivity index is 0.00000121. The molecule has 0 N–H and O–H groups in total. The number of aromatic carboxylic acids is 1. The number of rotatable bonds is 1. The quantitative estimate of drug-likeness (QED) is 0.524. The zero-order valence-electron chi connectivity index (χ0n) is 7.42. The number of hydrogen-bond acceptors (Lipinski definition) is 3. The third-order valence-electron chi connectivity index (χ3n) is 1.58. The van der Waals surface area contributed by atoms with Crippen molar-refractivity contribution in [2.24, 2.45) is 0 Å². The van der Waals surface area contributed by atoms with Crippen molar-refractivity contribution in [1.82, 2.24) is 4.98 Å². The third kappa shape index (κ3) is 3.05. The van der Waals surface area contributed by atoms with Crippen LogP contribution >= 0.6 is 0 Å². The van der Waals surface area contributed by atoms with E-state index in [0.29, 0.717) is 0 Å². The maximum absolute atomic E-state index is 10.3. The van der Waals surface area contributed by atoms with Gasteiger partial charge < -0.3 is 9.90 Å². The van der Waals surface area contributed by atoms with Crippen LogP contribution in [0.15, 0.2) is 12.3 Å². The van der Waals surface area contributed by atoms with Crippen LogP contribution in [0.4, 0.5) is 0 Å². The number of aryl methyl sites for hydroxylation is 2. The van der Waals surface area contributed by atoms with Crippen LogP contribution in [0, 0.1) is 13.8 Å². The summed E-state index contributed by atoms with van der Waals surface area (Å²) < 4.78 is 0. The minimum absolute atomic E-state index is 0. The Labute approximate surface area is 120 Å². The Morgan fingerprint density at radius 2 is 2.08 bits per heavy atom. The molecule has 3 nitrogen and oxygen atoms in total. The predicted octanol–water partition coefficient (Wildman–Crippen LogP) is -2.93. The van der Waals surface area contributed by atoms with Gasteiger partial charge in [-0.2, -0.15) is 0 Å². The second-order valence-electron chi connectivity index (χ2n) is 2.41. The third-order valence-corrected chi connectivity index (χ3v) is 1.58. The molecule has 0 aliphatic heterocycles. The minimum Gasteiger partial charge on any atom is -0.545 e. The van der Waals surface area contributed by atoms with Crippen molar-refractivity contribution in [3.8, 4) is 0 Å². The molecule has 4 heteroatoms. The van der Waals surface area contributed by atoms with Gasteiger partial charge in [0.15, 0.2) is 0 Å². The van der Waals surface area contributed by atoms with E-state index in [0.717, 1.165) is 11.3 Å². The molecule has 1 aromatic rings. The van der Waals surface area contributed by atoms with E-state index in [2.05, 4.69) is 4.98 Å². The van der Waals surface area contributed by atoms with E-state index in [1.54, 1.807) is 6.07 Å². The van der Waals surface area contributed by atoms with Gasteiger partial charge in [-0.25, -0.2) is 0 Å². The summed E-state index contributed by atoms with van der Waals surface area (Å²) in [6, 6.07) is 1.55. The van der Waals surface area contributed by atoms with Crippen LogP contribution < -0.4 is 63.3 Å². The normalized spacial score (nSPS) is 8.83. The van der Waals surface area contributed by atoms with Crippen LogP contribution in [0.2, 0.25) is 0 Å². The fourth-order valence-corrected chi connectivity index (χ4v) is 0.755. The average molecular weight is 236 g/mol. The molecule has 0 saturated heterocycles. The number of carboxylic acid groups (broad SMARTS) is 1. The molecule has 0 unspecified atom stereocenters. The fourth-order valence-electron chi connectivity index (χ4n) is 0.755. The molecule has 1 rings (SSSR count). The molecule has 0 aliphatic carbocycles. The summed E-state index contributed by atoms with van der Waals surface area (Å²) >= 11 is 0. The monoisotopic (exact) mass is 235 g/mol. The Bertz CT molecular complexity index is 299. The molecule has 1 aromatic heterocycles. The van der Waals surface area contributed by atoms with Gasteiger partial charge in [-0.15, -0.1) is 0 Å². The molecule has 0 aromatic carbocycles. The Morgan fingerprint density at radius 3 is 2.50 bits per heavy atom. The Morgan fingerprint density at radius 1 is 1.50 bits per heavy atom. The fraction of sp³-hybridized carbons (Fsp3) is 0.250. The number of hydrogen-bond donors (Lipinski definition) is 0. The molecular formula is C8H8NO2Rb. The molecule has 0 saturated carbocycles. The summed E-state index contributed by atoms with van der Waals surface area (Å²) in [7, 11) is 0. The van der Waals surface area contributed by atoms with Crippen molar-refractivity contribution in [3.63, 3.8) is 0 Å². The molecular weight excluding hydrogens is 228 g/mol. The summed E-state index contributed by atoms with van der Waals surface area (Å²) in [6.45, 7) is 3.64. The van der Waals surface area contributed by atoms with E-state index in [4.69, 9.17) is 0 Å².